The summed E-state index contributed by atoms with van der Waals surface area (Å²) >= 11 is 0. The molecule has 0 saturated heterocycles. The molecule has 72 valence electrons. The second-order valence-electron chi connectivity index (χ2n) is 2.66. The Morgan fingerprint density at radius 2 is 2.17 bits per heavy atom. The number of aliphatic carboxylic acids is 1. The molecule has 5 N–H and O–H groups in total. The first kappa shape index (κ1) is 11.4. The van der Waals surface area contributed by atoms with Crippen LogP contribution in [0.15, 0.2) is 0 Å². The summed E-state index contributed by atoms with van der Waals surface area (Å²) in [5, 5.41) is 20.3. The maximum atomic E-state index is 10.5. The molecule has 1 atom stereocenters. The SMILES string of the molecule is CNC(O)(CCCCN)C(=O)O. The van der Waals surface area contributed by atoms with Gasteiger partial charge in [-0.25, -0.2) is 4.79 Å². The number of unbranched alkanes of at least 4 members (excludes halogenated alkanes) is 1. The van der Waals surface area contributed by atoms with Crippen LogP contribution in [0.1, 0.15) is 19.3 Å². The second kappa shape index (κ2) is 5.08. The van der Waals surface area contributed by atoms with Gasteiger partial charge < -0.3 is 15.9 Å². The van der Waals surface area contributed by atoms with Crippen molar-refractivity contribution in [2.24, 2.45) is 5.73 Å². The molecule has 5 nitrogen and oxygen atoms in total. The Hall–Kier alpha value is -0.650. The van der Waals surface area contributed by atoms with Gasteiger partial charge in [-0.3, -0.25) is 5.32 Å². The van der Waals surface area contributed by atoms with Crippen LogP contribution < -0.4 is 11.1 Å². The Kier molecular flexibility index (Phi) is 4.80. The van der Waals surface area contributed by atoms with Gasteiger partial charge in [0.25, 0.3) is 0 Å². The molecule has 5 heteroatoms. The van der Waals surface area contributed by atoms with Crippen molar-refractivity contribution in [1.29, 1.82) is 0 Å². The smallest absolute Gasteiger partial charge is 0.351 e. The van der Waals surface area contributed by atoms with E-state index in [1.165, 1.54) is 7.05 Å². The minimum absolute atomic E-state index is 0.177. The summed E-state index contributed by atoms with van der Waals surface area (Å²) in [4.78, 5) is 10.5. The third kappa shape index (κ3) is 3.17. The largest absolute Gasteiger partial charge is 0.478 e. The van der Waals surface area contributed by atoms with E-state index in [0.29, 0.717) is 13.0 Å². The fraction of sp³-hybridized carbons (Fsp3) is 0.857. The standard InChI is InChI=1S/C7H16N2O3/c1-9-7(12,6(10)11)4-2-3-5-8/h9,12H,2-5,8H2,1H3,(H,10,11). The lowest BCUT2D eigenvalue weighted by atomic mass is 10.1. The first-order chi connectivity index (χ1) is 5.56. The molecule has 0 spiro atoms. The average molecular weight is 176 g/mol. The zero-order valence-corrected chi connectivity index (χ0v) is 7.21. The molecular formula is C7H16N2O3. The molecule has 0 saturated carbocycles. The Balaban J connectivity index is 3.88. The molecule has 0 aliphatic heterocycles. The molecule has 0 aliphatic carbocycles. The number of carboxylic acid groups (broad SMARTS) is 1. The van der Waals surface area contributed by atoms with Crippen molar-refractivity contribution in [3.05, 3.63) is 0 Å². The molecule has 0 amide bonds. The molecule has 0 aromatic rings. The molecule has 0 heterocycles. The van der Waals surface area contributed by atoms with Crippen LogP contribution in [0.2, 0.25) is 0 Å². The minimum atomic E-state index is -1.80. The lowest BCUT2D eigenvalue weighted by molar-refractivity contribution is -0.162. The van der Waals surface area contributed by atoms with Crippen LogP contribution in [0.4, 0.5) is 0 Å². The Morgan fingerprint density at radius 3 is 2.50 bits per heavy atom. The highest BCUT2D eigenvalue weighted by Crippen LogP contribution is 2.10. The highest BCUT2D eigenvalue weighted by Gasteiger charge is 2.32. The van der Waals surface area contributed by atoms with Gasteiger partial charge in [0.1, 0.15) is 0 Å². The van der Waals surface area contributed by atoms with Gasteiger partial charge in [-0.1, -0.05) is 0 Å². The van der Waals surface area contributed by atoms with Crippen molar-refractivity contribution in [1.82, 2.24) is 5.32 Å². The number of hydrogen-bond donors (Lipinski definition) is 4. The Bertz CT molecular complexity index is 152. The van der Waals surface area contributed by atoms with Crippen LogP contribution in [0.25, 0.3) is 0 Å². The molecule has 0 rings (SSSR count). The highest BCUT2D eigenvalue weighted by molar-refractivity contribution is 5.76. The van der Waals surface area contributed by atoms with Crippen molar-refractivity contribution in [2.75, 3.05) is 13.6 Å². The lowest BCUT2D eigenvalue weighted by Gasteiger charge is -2.21. The number of nitrogens with one attached hydrogen (secondary N) is 1. The maximum absolute atomic E-state index is 10.5. The zero-order valence-electron chi connectivity index (χ0n) is 7.21. The number of likely N-dealkylation sites (N-methyl/N-ethyl adjacent to an activating group) is 1. The Labute approximate surface area is 71.6 Å². The van der Waals surface area contributed by atoms with E-state index < -0.39 is 11.7 Å². The molecular weight excluding hydrogens is 160 g/mol. The van der Waals surface area contributed by atoms with Crippen LogP contribution in [0.3, 0.4) is 0 Å². The van der Waals surface area contributed by atoms with Gasteiger partial charge >= 0.3 is 5.97 Å². The van der Waals surface area contributed by atoms with E-state index in [2.05, 4.69) is 5.32 Å². The summed E-state index contributed by atoms with van der Waals surface area (Å²) in [6.07, 6.45) is 1.49. The first-order valence-electron chi connectivity index (χ1n) is 3.91. The third-order valence-electron chi connectivity index (χ3n) is 1.76. The fourth-order valence-electron chi connectivity index (χ4n) is 0.864. The van der Waals surface area contributed by atoms with Crippen LogP contribution >= 0.6 is 0 Å². The van der Waals surface area contributed by atoms with Crippen LogP contribution in [-0.2, 0) is 4.79 Å². The van der Waals surface area contributed by atoms with Crippen LogP contribution in [0.5, 0.6) is 0 Å². The number of aliphatic hydroxyl groups is 1. The first-order valence-corrected chi connectivity index (χ1v) is 3.91. The van der Waals surface area contributed by atoms with Gasteiger partial charge in [0.2, 0.25) is 5.72 Å². The summed E-state index contributed by atoms with van der Waals surface area (Å²) in [7, 11) is 1.41. The topological polar surface area (TPSA) is 95.6 Å². The van der Waals surface area contributed by atoms with E-state index in [9.17, 15) is 9.90 Å². The van der Waals surface area contributed by atoms with Gasteiger partial charge in [0.05, 0.1) is 0 Å². The maximum Gasteiger partial charge on any atom is 0.351 e. The molecule has 0 aliphatic rings. The number of carboxylic acids is 1. The number of carbonyl (C=O) groups is 1. The fourth-order valence-corrected chi connectivity index (χ4v) is 0.864. The van der Waals surface area contributed by atoms with E-state index >= 15 is 0 Å². The predicted molar refractivity (Wildman–Crippen MR) is 44.6 cm³/mol. The van der Waals surface area contributed by atoms with Gasteiger partial charge in [0.15, 0.2) is 0 Å². The van der Waals surface area contributed by atoms with Gasteiger partial charge in [0, 0.05) is 6.42 Å². The minimum Gasteiger partial charge on any atom is -0.478 e. The summed E-state index contributed by atoms with van der Waals surface area (Å²) in [6.45, 7) is 0.513. The summed E-state index contributed by atoms with van der Waals surface area (Å²) in [5.74, 6) is -1.25. The zero-order chi connectivity index (χ0) is 9.61. The van der Waals surface area contributed by atoms with Gasteiger partial charge in [-0.05, 0) is 26.4 Å². The molecule has 12 heavy (non-hydrogen) atoms. The van der Waals surface area contributed by atoms with Crippen molar-refractivity contribution >= 4 is 5.97 Å². The normalized spacial score (nSPS) is 15.6. The molecule has 1 unspecified atom stereocenters. The van der Waals surface area contributed by atoms with Crippen molar-refractivity contribution in [2.45, 2.75) is 25.0 Å². The summed E-state index contributed by atoms with van der Waals surface area (Å²) in [6, 6.07) is 0. The molecule has 0 bridgehead atoms. The third-order valence-corrected chi connectivity index (χ3v) is 1.76. The average Bonchev–Trinajstić information content (AvgIpc) is 2.04. The van der Waals surface area contributed by atoms with E-state index in [0.717, 1.165) is 6.42 Å². The summed E-state index contributed by atoms with van der Waals surface area (Å²) < 4.78 is 0. The number of hydrogen-bond acceptors (Lipinski definition) is 4. The lowest BCUT2D eigenvalue weighted by Crippen LogP contribution is -2.50. The molecule has 0 fully saturated rings. The number of nitrogens with two attached hydrogens (primary N) is 1. The molecule has 0 aromatic heterocycles. The van der Waals surface area contributed by atoms with Crippen molar-refractivity contribution < 1.29 is 15.0 Å². The van der Waals surface area contributed by atoms with E-state index in [4.69, 9.17) is 10.8 Å². The predicted octanol–water partition coefficient (Wildman–Crippen LogP) is -0.892. The van der Waals surface area contributed by atoms with E-state index in [1.54, 1.807) is 0 Å². The van der Waals surface area contributed by atoms with Gasteiger partial charge in [-0.2, -0.15) is 0 Å². The van der Waals surface area contributed by atoms with Crippen LogP contribution in [-0.4, -0.2) is 35.5 Å². The second-order valence-corrected chi connectivity index (χ2v) is 2.66. The molecule has 0 aromatic carbocycles. The van der Waals surface area contributed by atoms with Crippen molar-refractivity contribution in [3.63, 3.8) is 0 Å². The molecule has 0 radical (unpaired) electrons. The summed E-state index contributed by atoms with van der Waals surface area (Å²) in [5.41, 5.74) is 3.43. The Morgan fingerprint density at radius 1 is 1.58 bits per heavy atom. The van der Waals surface area contributed by atoms with E-state index in [-0.39, 0.29) is 6.42 Å². The van der Waals surface area contributed by atoms with E-state index in [1.807, 2.05) is 0 Å². The van der Waals surface area contributed by atoms with Crippen LogP contribution in [0, 0.1) is 0 Å². The van der Waals surface area contributed by atoms with Gasteiger partial charge in [-0.15, -0.1) is 0 Å². The number of rotatable bonds is 6. The quantitative estimate of drug-likeness (QED) is 0.311. The highest BCUT2D eigenvalue weighted by atomic mass is 16.4. The monoisotopic (exact) mass is 176 g/mol. The van der Waals surface area contributed by atoms with Crippen molar-refractivity contribution in [3.8, 4) is 0 Å².